The smallest absolute Gasteiger partial charge is 0.326 e. The minimum atomic E-state index is -1.05. The number of aliphatic carboxylic acids is 1. The summed E-state index contributed by atoms with van der Waals surface area (Å²) in [4.78, 5) is 22.0. The fourth-order valence-electron chi connectivity index (χ4n) is 1.90. The lowest BCUT2D eigenvalue weighted by Gasteiger charge is -2.13. The predicted octanol–water partition coefficient (Wildman–Crippen LogP) is 1.56. The topological polar surface area (TPSA) is 79.5 Å². The molecule has 0 radical (unpaired) electrons. The molecule has 5 heteroatoms. The molecule has 2 aromatic rings. The molecule has 0 aliphatic heterocycles. The third-order valence-corrected chi connectivity index (χ3v) is 2.69. The van der Waals surface area contributed by atoms with Crippen molar-refractivity contribution in [3.8, 4) is 0 Å². The van der Waals surface area contributed by atoms with Crippen molar-refractivity contribution in [2.45, 2.75) is 19.4 Å². The molecule has 0 bridgehead atoms. The Balaban J connectivity index is 2.28. The van der Waals surface area contributed by atoms with Crippen molar-refractivity contribution in [2.24, 2.45) is 0 Å². The first kappa shape index (κ1) is 12.2. The van der Waals surface area contributed by atoms with Crippen LogP contribution in [0.3, 0.4) is 0 Å². The number of benzene rings is 1. The van der Waals surface area contributed by atoms with Gasteiger partial charge in [0.15, 0.2) is 0 Å². The van der Waals surface area contributed by atoms with Crippen LogP contribution >= 0.6 is 0 Å². The Morgan fingerprint density at radius 3 is 2.83 bits per heavy atom. The summed E-state index contributed by atoms with van der Waals surface area (Å²) in [5.74, 6) is -1.41. The highest BCUT2D eigenvalue weighted by Crippen LogP contribution is 2.21. The summed E-state index contributed by atoms with van der Waals surface area (Å²) >= 11 is 0. The first-order chi connectivity index (χ1) is 8.58. The van der Waals surface area contributed by atoms with Gasteiger partial charge in [-0.2, -0.15) is 0 Å². The molecule has 18 heavy (non-hydrogen) atoms. The number of carbonyl (C=O) groups excluding carboxylic acids is 1. The summed E-state index contributed by atoms with van der Waals surface area (Å²) in [6.45, 7) is 1.30. The van der Waals surface area contributed by atoms with Gasteiger partial charge >= 0.3 is 5.97 Å². The molecule has 94 valence electrons. The summed E-state index contributed by atoms with van der Waals surface area (Å²) in [6, 6.07) is 6.30. The maximum absolute atomic E-state index is 11.1. The lowest BCUT2D eigenvalue weighted by Crippen LogP contribution is -2.41. The molecule has 1 unspecified atom stereocenters. The van der Waals surface area contributed by atoms with E-state index in [1.807, 2.05) is 12.1 Å². The number of rotatable bonds is 4. The molecule has 5 nitrogen and oxygen atoms in total. The maximum Gasteiger partial charge on any atom is 0.326 e. The van der Waals surface area contributed by atoms with E-state index in [9.17, 15) is 9.59 Å². The van der Waals surface area contributed by atoms with Gasteiger partial charge in [0.1, 0.15) is 11.6 Å². The molecule has 1 atom stereocenters. The molecular weight excluding hydrogens is 234 g/mol. The van der Waals surface area contributed by atoms with E-state index in [0.29, 0.717) is 5.58 Å². The molecule has 1 amide bonds. The summed E-state index contributed by atoms with van der Waals surface area (Å²) in [6.07, 6.45) is 1.79. The average Bonchev–Trinajstić information content (AvgIpc) is 2.76. The van der Waals surface area contributed by atoms with Crippen LogP contribution in [-0.2, 0) is 16.0 Å². The molecule has 0 saturated heterocycles. The summed E-state index contributed by atoms with van der Waals surface area (Å²) in [7, 11) is 0. The van der Waals surface area contributed by atoms with Crippen molar-refractivity contribution < 1.29 is 19.1 Å². The van der Waals surface area contributed by atoms with Crippen LogP contribution in [0.15, 0.2) is 34.9 Å². The van der Waals surface area contributed by atoms with E-state index in [2.05, 4.69) is 5.32 Å². The largest absolute Gasteiger partial charge is 0.480 e. The number of carboxylic acids is 1. The van der Waals surface area contributed by atoms with Gasteiger partial charge < -0.3 is 14.8 Å². The normalized spacial score (nSPS) is 12.3. The molecule has 0 saturated carbocycles. The molecule has 0 fully saturated rings. The standard InChI is InChI=1S/C13H13NO4/c1-8(15)14-11(13(16)17)7-9-3-2-4-12-10(9)5-6-18-12/h2-6,11H,7H2,1H3,(H,14,15)(H,16,17). The van der Waals surface area contributed by atoms with Crippen LogP contribution in [0.2, 0.25) is 0 Å². The van der Waals surface area contributed by atoms with Crippen molar-refractivity contribution in [1.29, 1.82) is 0 Å². The zero-order valence-corrected chi connectivity index (χ0v) is 9.84. The number of carboxylic acid groups (broad SMARTS) is 1. The lowest BCUT2D eigenvalue weighted by atomic mass is 10.0. The van der Waals surface area contributed by atoms with Crippen molar-refractivity contribution in [3.05, 3.63) is 36.1 Å². The van der Waals surface area contributed by atoms with Gasteiger partial charge in [0.05, 0.1) is 6.26 Å². The first-order valence-electron chi connectivity index (χ1n) is 5.53. The van der Waals surface area contributed by atoms with Crippen LogP contribution < -0.4 is 5.32 Å². The molecule has 1 aromatic carbocycles. The van der Waals surface area contributed by atoms with Gasteiger partial charge in [-0.05, 0) is 17.7 Å². The highest BCUT2D eigenvalue weighted by Gasteiger charge is 2.20. The number of amides is 1. The minimum Gasteiger partial charge on any atom is -0.480 e. The molecule has 0 aliphatic carbocycles. The quantitative estimate of drug-likeness (QED) is 0.859. The highest BCUT2D eigenvalue weighted by molar-refractivity contribution is 5.85. The van der Waals surface area contributed by atoms with Gasteiger partial charge in [-0.3, -0.25) is 4.79 Å². The van der Waals surface area contributed by atoms with Gasteiger partial charge in [-0.25, -0.2) is 4.79 Å². The summed E-state index contributed by atoms with van der Waals surface area (Å²) in [5.41, 5.74) is 1.54. The summed E-state index contributed by atoms with van der Waals surface area (Å²) in [5, 5.41) is 12.4. The van der Waals surface area contributed by atoms with Crippen LogP contribution in [0.25, 0.3) is 11.0 Å². The van der Waals surface area contributed by atoms with Crippen LogP contribution in [-0.4, -0.2) is 23.0 Å². The molecule has 1 aromatic heterocycles. The predicted molar refractivity (Wildman–Crippen MR) is 65.2 cm³/mol. The first-order valence-corrected chi connectivity index (χ1v) is 5.53. The molecule has 1 heterocycles. The van der Waals surface area contributed by atoms with E-state index >= 15 is 0 Å². The minimum absolute atomic E-state index is 0.228. The molecule has 2 N–H and O–H groups in total. The van der Waals surface area contributed by atoms with Crippen LogP contribution in [0.1, 0.15) is 12.5 Å². The number of hydrogen-bond donors (Lipinski definition) is 2. The van der Waals surface area contributed by atoms with E-state index < -0.39 is 12.0 Å². The maximum atomic E-state index is 11.1. The van der Waals surface area contributed by atoms with E-state index in [-0.39, 0.29) is 12.3 Å². The van der Waals surface area contributed by atoms with E-state index in [1.54, 1.807) is 18.4 Å². The van der Waals surface area contributed by atoms with E-state index in [0.717, 1.165) is 10.9 Å². The third kappa shape index (κ3) is 2.51. The zero-order valence-electron chi connectivity index (χ0n) is 9.84. The SMILES string of the molecule is CC(=O)NC(Cc1cccc2occc12)C(=O)O. The van der Waals surface area contributed by atoms with Crippen LogP contribution in [0.5, 0.6) is 0 Å². The van der Waals surface area contributed by atoms with Gasteiger partial charge in [-0.15, -0.1) is 0 Å². The highest BCUT2D eigenvalue weighted by atomic mass is 16.4. The number of furan rings is 1. The van der Waals surface area contributed by atoms with Crippen molar-refractivity contribution in [1.82, 2.24) is 5.32 Å². The second-order valence-corrected chi connectivity index (χ2v) is 4.05. The Morgan fingerprint density at radius 1 is 1.39 bits per heavy atom. The molecule has 0 spiro atoms. The van der Waals surface area contributed by atoms with Gasteiger partial charge in [0.2, 0.25) is 5.91 Å². The Kier molecular flexibility index (Phi) is 3.32. The number of nitrogens with one attached hydrogen (secondary N) is 1. The zero-order chi connectivity index (χ0) is 13.1. The monoisotopic (exact) mass is 247 g/mol. The van der Waals surface area contributed by atoms with Gasteiger partial charge in [0, 0.05) is 18.7 Å². The average molecular weight is 247 g/mol. The number of fused-ring (bicyclic) bond motifs is 1. The number of hydrogen-bond acceptors (Lipinski definition) is 3. The van der Waals surface area contributed by atoms with Crippen molar-refractivity contribution >= 4 is 22.8 Å². The summed E-state index contributed by atoms with van der Waals surface area (Å²) < 4.78 is 5.25. The Morgan fingerprint density at radius 2 is 2.17 bits per heavy atom. The second-order valence-electron chi connectivity index (χ2n) is 4.05. The van der Waals surface area contributed by atoms with Gasteiger partial charge in [0.25, 0.3) is 0 Å². The second kappa shape index (κ2) is 4.91. The Hall–Kier alpha value is -2.30. The van der Waals surface area contributed by atoms with E-state index in [1.165, 1.54) is 6.92 Å². The molecule has 0 aliphatic rings. The van der Waals surface area contributed by atoms with Crippen molar-refractivity contribution in [2.75, 3.05) is 0 Å². The fraction of sp³-hybridized carbons (Fsp3) is 0.231. The Bertz CT molecular complexity index is 587. The Labute approximate surface area is 103 Å². The molecule has 2 rings (SSSR count). The third-order valence-electron chi connectivity index (χ3n) is 2.69. The lowest BCUT2D eigenvalue weighted by molar-refractivity contribution is -0.141. The van der Waals surface area contributed by atoms with E-state index in [4.69, 9.17) is 9.52 Å². The van der Waals surface area contributed by atoms with Gasteiger partial charge in [-0.1, -0.05) is 12.1 Å². The van der Waals surface area contributed by atoms with Crippen LogP contribution in [0.4, 0.5) is 0 Å². The number of carbonyl (C=O) groups is 2. The van der Waals surface area contributed by atoms with Crippen LogP contribution in [0, 0.1) is 0 Å². The molecular formula is C13H13NO4. The van der Waals surface area contributed by atoms with Crippen molar-refractivity contribution in [3.63, 3.8) is 0 Å². The fourth-order valence-corrected chi connectivity index (χ4v) is 1.90.